The summed E-state index contributed by atoms with van der Waals surface area (Å²) in [6, 6.07) is 28.2. The number of rotatable bonds is 5. The first-order valence-electron chi connectivity index (χ1n) is 8.01. The molecule has 0 aliphatic rings. The fourth-order valence-corrected chi connectivity index (χ4v) is 4.05. The Balaban J connectivity index is 1.56. The number of benzene rings is 3. The molecule has 4 rings (SSSR count). The number of aromatic nitrogens is 1. The summed E-state index contributed by atoms with van der Waals surface area (Å²) in [6.45, 7) is 1.05. The largest absolute Gasteiger partial charge is 0.340 e. The van der Waals surface area contributed by atoms with Crippen LogP contribution in [-0.2, 0) is 12.3 Å². The quantitative estimate of drug-likeness (QED) is 0.426. The Kier molecular flexibility index (Phi) is 4.08. The highest BCUT2D eigenvalue weighted by Gasteiger charge is 2.08. The van der Waals surface area contributed by atoms with Crippen LogP contribution in [0.5, 0.6) is 0 Å². The van der Waals surface area contributed by atoms with Crippen molar-refractivity contribution in [3.8, 4) is 0 Å². The summed E-state index contributed by atoms with van der Waals surface area (Å²) in [7, 11) is 0. The van der Waals surface area contributed by atoms with Crippen LogP contribution < -0.4 is 0 Å². The molecule has 114 valence electrons. The third-order valence-corrected chi connectivity index (χ3v) is 5.26. The van der Waals surface area contributed by atoms with Gasteiger partial charge in [-0.3, -0.25) is 0 Å². The van der Waals surface area contributed by atoms with Crippen molar-refractivity contribution in [1.29, 1.82) is 0 Å². The van der Waals surface area contributed by atoms with Crippen molar-refractivity contribution in [2.75, 3.05) is 5.75 Å². The average Bonchev–Trinajstić information content (AvgIpc) is 2.94. The maximum Gasteiger partial charge on any atom is 0.0491 e. The van der Waals surface area contributed by atoms with E-state index in [0.29, 0.717) is 0 Å². The Hall–Kier alpha value is -2.19. The molecule has 0 fully saturated rings. The van der Waals surface area contributed by atoms with Crippen LogP contribution >= 0.6 is 11.8 Å². The average molecular weight is 317 g/mol. The highest BCUT2D eigenvalue weighted by atomic mass is 32.2. The van der Waals surface area contributed by atoms with E-state index in [1.807, 2.05) is 11.8 Å². The Labute approximate surface area is 140 Å². The van der Waals surface area contributed by atoms with Crippen LogP contribution in [0, 0.1) is 0 Å². The predicted molar refractivity (Wildman–Crippen MR) is 102 cm³/mol. The molecule has 2 heteroatoms. The van der Waals surface area contributed by atoms with Crippen molar-refractivity contribution in [2.45, 2.75) is 12.3 Å². The molecular formula is C21H19NS. The summed E-state index contributed by atoms with van der Waals surface area (Å²) < 4.78 is 2.46. The molecule has 0 atom stereocenters. The lowest BCUT2D eigenvalue weighted by molar-refractivity contribution is 0.837. The van der Waals surface area contributed by atoms with Crippen molar-refractivity contribution in [2.24, 2.45) is 0 Å². The number of para-hydroxylation sites is 2. The third kappa shape index (κ3) is 2.87. The van der Waals surface area contributed by atoms with Gasteiger partial charge in [0.15, 0.2) is 0 Å². The predicted octanol–water partition coefficient (Wildman–Crippen LogP) is 5.73. The van der Waals surface area contributed by atoms with Gasteiger partial charge < -0.3 is 4.57 Å². The summed E-state index contributed by atoms with van der Waals surface area (Å²) in [5.74, 6) is 2.20. The number of hydrogen-bond acceptors (Lipinski definition) is 1. The van der Waals surface area contributed by atoms with Gasteiger partial charge in [0, 0.05) is 39.9 Å². The Morgan fingerprint density at radius 2 is 1.22 bits per heavy atom. The SMILES string of the molecule is c1ccc(CSCCn2c3ccccc3c3ccccc32)cc1. The first kappa shape index (κ1) is 14.4. The molecule has 4 aromatic rings. The minimum Gasteiger partial charge on any atom is -0.340 e. The van der Waals surface area contributed by atoms with Crippen molar-refractivity contribution in [3.63, 3.8) is 0 Å². The van der Waals surface area contributed by atoms with Crippen LogP contribution in [0.2, 0.25) is 0 Å². The van der Waals surface area contributed by atoms with Crippen LogP contribution in [-0.4, -0.2) is 10.3 Å². The highest BCUT2D eigenvalue weighted by Crippen LogP contribution is 2.29. The zero-order valence-corrected chi connectivity index (χ0v) is 13.8. The Bertz CT molecular complexity index is 871. The highest BCUT2D eigenvalue weighted by molar-refractivity contribution is 7.98. The molecule has 3 aromatic carbocycles. The second kappa shape index (κ2) is 6.51. The second-order valence-electron chi connectivity index (χ2n) is 5.72. The van der Waals surface area contributed by atoms with Gasteiger partial charge in [-0.25, -0.2) is 0 Å². The molecule has 1 nitrogen and oxygen atoms in total. The van der Waals surface area contributed by atoms with Crippen LogP contribution in [0.1, 0.15) is 5.56 Å². The smallest absolute Gasteiger partial charge is 0.0491 e. The standard InChI is InChI=1S/C21H19NS/c1-2-8-17(9-3-1)16-23-15-14-22-20-12-6-4-10-18(20)19-11-5-7-13-21(19)22/h1-13H,14-16H2. The molecule has 1 heterocycles. The van der Waals surface area contributed by atoms with Crippen molar-refractivity contribution < 1.29 is 0 Å². The van der Waals surface area contributed by atoms with E-state index in [9.17, 15) is 0 Å². The number of fused-ring (bicyclic) bond motifs is 3. The van der Waals surface area contributed by atoms with Crippen LogP contribution in [0.4, 0.5) is 0 Å². The number of hydrogen-bond donors (Lipinski definition) is 0. The molecule has 0 unspecified atom stereocenters. The Morgan fingerprint density at radius 3 is 1.87 bits per heavy atom. The van der Waals surface area contributed by atoms with Gasteiger partial charge in [-0.2, -0.15) is 11.8 Å². The lowest BCUT2D eigenvalue weighted by atomic mass is 10.2. The maximum absolute atomic E-state index is 2.46. The number of nitrogens with zero attached hydrogens (tertiary/aromatic N) is 1. The topological polar surface area (TPSA) is 4.93 Å². The van der Waals surface area contributed by atoms with Crippen molar-refractivity contribution in [1.82, 2.24) is 4.57 Å². The zero-order chi connectivity index (χ0) is 15.5. The van der Waals surface area contributed by atoms with Gasteiger partial charge in [0.1, 0.15) is 0 Å². The first-order chi connectivity index (χ1) is 11.4. The van der Waals surface area contributed by atoms with Gasteiger partial charge in [-0.05, 0) is 17.7 Å². The molecule has 0 saturated carbocycles. The molecule has 0 aliphatic carbocycles. The van der Waals surface area contributed by atoms with E-state index in [1.54, 1.807) is 0 Å². The van der Waals surface area contributed by atoms with Crippen molar-refractivity contribution >= 4 is 33.6 Å². The summed E-state index contributed by atoms with van der Waals surface area (Å²) in [6.07, 6.45) is 0. The van der Waals surface area contributed by atoms with Crippen LogP contribution in [0.15, 0.2) is 78.9 Å². The number of thioether (sulfide) groups is 1. The number of aryl methyl sites for hydroxylation is 1. The zero-order valence-electron chi connectivity index (χ0n) is 13.0. The molecular weight excluding hydrogens is 298 g/mol. The molecule has 1 aromatic heterocycles. The summed E-state index contributed by atoms with van der Waals surface area (Å²) in [5, 5.41) is 2.72. The minimum atomic E-state index is 1.05. The molecule has 0 N–H and O–H groups in total. The molecule has 0 bridgehead atoms. The van der Waals surface area contributed by atoms with Gasteiger partial charge in [0.25, 0.3) is 0 Å². The molecule has 0 aliphatic heterocycles. The normalized spacial score (nSPS) is 11.3. The first-order valence-corrected chi connectivity index (χ1v) is 9.16. The van der Waals surface area contributed by atoms with E-state index in [4.69, 9.17) is 0 Å². The van der Waals surface area contributed by atoms with E-state index < -0.39 is 0 Å². The van der Waals surface area contributed by atoms with Gasteiger partial charge in [-0.1, -0.05) is 66.7 Å². The van der Waals surface area contributed by atoms with E-state index in [2.05, 4.69) is 83.4 Å². The van der Waals surface area contributed by atoms with E-state index >= 15 is 0 Å². The molecule has 0 spiro atoms. The second-order valence-corrected chi connectivity index (χ2v) is 6.83. The fraction of sp³-hybridized carbons (Fsp3) is 0.143. The van der Waals surface area contributed by atoms with E-state index in [0.717, 1.165) is 18.1 Å². The van der Waals surface area contributed by atoms with E-state index in [-0.39, 0.29) is 0 Å². The monoisotopic (exact) mass is 317 g/mol. The maximum atomic E-state index is 2.46. The summed E-state index contributed by atoms with van der Waals surface area (Å²) >= 11 is 2.00. The Morgan fingerprint density at radius 1 is 0.652 bits per heavy atom. The lowest BCUT2D eigenvalue weighted by Gasteiger charge is -2.07. The summed E-state index contributed by atoms with van der Waals surface area (Å²) in [4.78, 5) is 0. The van der Waals surface area contributed by atoms with Gasteiger partial charge in [-0.15, -0.1) is 0 Å². The van der Waals surface area contributed by atoms with Gasteiger partial charge in [0.2, 0.25) is 0 Å². The fourth-order valence-electron chi connectivity index (χ4n) is 3.16. The lowest BCUT2D eigenvalue weighted by Crippen LogP contribution is -2.00. The molecule has 23 heavy (non-hydrogen) atoms. The van der Waals surface area contributed by atoms with Crippen molar-refractivity contribution in [3.05, 3.63) is 84.4 Å². The van der Waals surface area contributed by atoms with Crippen LogP contribution in [0.25, 0.3) is 21.8 Å². The molecule has 0 radical (unpaired) electrons. The minimum absolute atomic E-state index is 1.05. The molecule has 0 amide bonds. The van der Waals surface area contributed by atoms with Gasteiger partial charge >= 0.3 is 0 Å². The van der Waals surface area contributed by atoms with E-state index in [1.165, 1.54) is 27.4 Å². The molecule has 0 saturated heterocycles. The summed E-state index contributed by atoms with van der Waals surface area (Å²) in [5.41, 5.74) is 4.09. The van der Waals surface area contributed by atoms with Gasteiger partial charge in [0.05, 0.1) is 0 Å². The van der Waals surface area contributed by atoms with Crippen LogP contribution in [0.3, 0.4) is 0 Å². The third-order valence-electron chi connectivity index (χ3n) is 4.25.